The first-order chi connectivity index (χ1) is 18.6. The van der Waals surface area contributed by atoms with E-state index in [0.717, 1.165) is 29.5 Å². The molecule has 0 unspecified atom stereocenters. The highest BCUT2D eigenvalue weighted by Crippen LogP contribution is 2.49. The van der Waals surface area contributed by atoms with Crippen LogP contribution >= 0.6 is 11.6 Å². The van der Waals surface area contributed by atoms with E-state index >= 15 is 0 Å². The monoisotopic (exact) mass is 556 g/mol. The Labute approximate surface area is 224 Å². The fourth-order valence-corrected chi connectivity index (χ4v) is 5.12. The zero-order chi connectivity index (χ0) is 27.5. The van der Waals surface area contributed by atoms with Crippen molar-refractivity contribution in [3.05, 3.63) is 76.5 Å². The van der Waals surface area contributed by atoms with Gasteiger partial charge in [-0.3, -0.25) is 9.20 Å². The molecule has 0 atom stereocenters. The van der Waals surface area contributed by atoms with Gasteiger partial charge in [0, 0.05) is 35.7 Å². The molecule has 3 aliphatic rings. The summed E-state index contributed by atoms with van der Waals surface area (Å²) in [5.41, 5.74) is 8.55. The van der Waals surface area contributed by atoms with Crippen molar-refractivity contribution in [2.45, 2.75) is 24.6 Å². The standard InChI is InChI=1S/C26H20ClF3N6O3/c27-18-10-33-22(31)21-20(35-23(36(18)21)17-11-39-25(12-37)8-15(17)9-25)13-1-3-14(4-2-13)24(38)34-19-7-16(5-6-32-19)26(28,29)30/h1-7,10,37H,8-9,11-12H2,(H2,31,33)(H,32,34,38). The van der Waals surface area contributed by atoms with Gasteiger partial charge in [-0.1, -0.05) is 29.3 Å². The number of amides is 1. The van der Waals surface area contributed by atoms with Crippen LogP contribution < -0.4 is 11.1 Å². The molecule has 200 valence electrons. The predicted octanol–water partition coefficient (Wildman–Crippen LogP) is 4.61. The number of nitrogens with two attached hydrogens (primary N) is 1. The highest BCUT2D eigenvalue weighted by atomic mass is 35.5. The number of aliphatic hydroxyl groups excluding tert-OH is 1. The number of carbonyl (C=O) groups is 1. The summed E-state index contributed by atoms with van der Waals surface area (Å²) in [4.78, 5) is 25.5. The van der Waals surface area contributed by atoms with Gasteiger partial charge in [0.25, 0.3) is 5.91 Å². The summed E-state index contributed by atoms with van der Waals surface area (Å²) in [5, 5.41) is 12.3. The molecule has 1 saturated carbocycles. The summed E-state index contributed by atoms with van der Waals surface area (Å²) in [6.07, 6.45) is -0.941. The number of pyridine rings is 1. The summed E-state index contributed by atoms with van der Waals surface area (Å²) < 4.78 is 46.6. The summed E-state index contributed by atoms with van der Waals surface area (Å²) in [5.74, 6) is -0.0942. The molecule has 4 N–H and O–H groups in total. The third-order valence-electron chi connectivity index (χ3n) is 6.97. The molecule has 1 aromatic carbocycles. The van der Waals surface area contributed by atoms with Crippen molar-refractivity contribution >= 4 is 40.2 Å². The number of alkyl halides is 3. The van der Waals surface area contributed by atoms with E-state index in [2.05, 4.69) is 15.3 Å². The fraction of sp³-hybridized carbons (Fsp3) is 0.231. The highest BCUT2D eigenvalue weighted by Gasteiger charge is 2.47. The number of imidazole rings is 1. The van der Waals surface area contributed by atoms with E-state index in [1.165, 1.54) is 18.3 Å². The number of halogens is 4. The Balaban J connectivity index is 1.33. The van der Waals surface area contributed by atoms with E-state index in [0.29, 0.717) is 40.6 Å². The van der Waals surface area contributed by atoms with Gasteiger partial charge < -0.3 is 20.9 Å². The third kappa shape index (κ3) is 4.30. The van der Waals surface area contributed by atoms with Gasteiger partial charge in [0.2, 0.25) is 0 Å². The van der Waals surface area contributed by atoms with E-state index in [1.54, 1.807) is 16.5 Å². The molecule has 0 saturated heterocycles. The van der Waals surface area contributed by atoms with Crippen LogP contribution in [0.15, 0.2) is 54.4 Å². The molecule has 0 spiro atoms. The van der Waals surface area contributed by atoms with E-state index in [1.807, 2.05) is 0 Å². The summed E-state index contributed by atoms with van der Waals surface area (Å²) in [7, 11) is 0. The predicted molar refractivity (Wildman–Crippen MR) is 137 cm³/mol. The number of hydrogen-bond acceptors (Lipinski definition) is 7. The number of aromatic nitrogens is 4. The third-order valence-corrected chi connectivity index (χ3v) is 7.24. The zero-order valence-electron chi connectivity index (χ0n) is 20.1. The van der Waals surface area contributed by atoms with Crippen LogP contribution in [0.3, 0.4) is 0 Å². The van der Waals surface area contributed by atoms with Gasteiger partial charge in [0.05, 0.1) is 30.6 Å². The quantitative estimate of drug-likeness (QED) is 0.327. The molecular weight excluding hydrogens is 537 g/mol. The fourth-order valence-electron chi connectivity index (χ4n) is 4.90. The first-order valence-corrected chi connectivity index (χ1v) is 12.2. The second-order valence-corrected chi connectivity index (χ2v) is 9.85. The van der Waals surface area contributed by atoms with Crippen LogP contribution in [0.1, 0.15) is 34.6 Å². The Hall–Kier alpha value is -4.00. The van der Waals surface area contributed by atoms with Crippen LogP contribution in [0.2, 0.25) is 5.15 Å². The molecule has 1 amide bonds. The number of nitrogens with zero attached hydrogens (tertiary/aromatic N) is 4. The number of nitrogen functional groups attached to an aromatic ring is 1. The zero-order valence-corrected chi connectivity index (χ0v) is 20.8. The van der Waals surface area contributed by atoms with Crippen molar-refractivity contribution in [2.24, 2.45) is 0 Å². The Morgan fingerprint density at radius 3 is 2.59 bits per heavy atom. The second kappa shape index (κ2) is 9.04. The van der Waals surface area contributed by atoms with Gasteiger partial charge in [0.15, 0.2) is 0 Å². The van der Waals surface area contributed by atoms with Crippen LogP contribution in [-0.2, 0) is 10.9 Å². The number of benzene rings is 1. The molecule has 5 heterocycles. The average molecular weight is 557 g/mol. The van der Waals surface area contributed by atoms with Crippen LogP contribution in [0, 0.1) is 0 Å². The van der Waals surface area contributed by atoms with Crippen LogP contribution in [0.5, 0.6) is 0 Å². The first kappa shape index (κ1) is 25.3. The number of aliphatic hydroxyl groups is 1. The average Bonchev–Trinajstić information content (AvgIpc) is 3.32. The maximum Gasteiger partial charge on any atom is 0.416 e. The molecule has 0 radical (unpaired) electrons. The van der Waals surface area contributed by atoms with Crippen LogP contribution in [-0.4, -0.2) is 49.2 Å². The molecule has 1 fully saturated rings. The Bertz CT molecular complexity index is 1660. The molecule has 2 bridgehead atoms. The van der Waals surface area contributed by atoms with Gasteiger partial charge in [-0.2, -0.15) is 13.2 Å². The van der Waals surface area contributed by atoms with Crippen molar-refractivity contribution < 1.29 is 27.8 Å². The van der Waals surface area contributed by atoms with Crippen molar-refractivity contribution in [1.82, 2.24) is 19.4 Å². The lowest BCUT2D eigenvalue weighted by molar-refractivity contribution is -0.137. The van der Waals surface area contributed by atoms with Gasteiger partial charge in [-0.25, -0.2) is 15.0 Å². The minimum absolute atomic E-state index is 0.0568. The van der Waals surface area contributed by atoms with Crippen molar-refractivity contribution in [1.29, 1.82) is 0 Å². The van der Waals surface area contributed by atoms with Crippen molar-refractivity contribution in [3.8, 4) is 11.3 Å². The number of carbonyl (C=O) groups excluding carboxylic acids is 1. The van der Waals surface area contributed by atoms with Gasteiger partial charge in [0.1, 0.15) is 33.8 Å². The first-order valence-electron chi connectivity index (χ1n) is 11.8. The maximum absolute atomic E-state index is 13.0. The van der Waals surface area contributed by atoms with Crippen molar-refractivity contribution in [3.63, 3.8) is 0 Å². The lowest BCUT2D eigenvalue weighted by Gasteiger charge is -2.47. The van der Waals surface area contributed by atoms with Gasteiger partial charge >= 0.3 is 6.18 Å². The summed E-state index contributed by atoms with van der Waals surface area (Å²) in [6.45, 7) is 0.203. The number of anilines is 2. The van der Waals surface area contributed by atoms with E-state index in [4.69, 9.17) is 27.1 Å². The van der Waals surface area contributed by atoms with Gasteiger partial charge in [-0.05, 0) is 24.3 Å². The molecule has 39 heavy (non-hydrogen) atoms. The number of ether oxygens (including phenoxy) is 1. The molecule has 3 aromatic heterocycles. The smallest absolute Gasteiger partial charge is 0.393 e. The second-order valence-electron chi connectivity index (χ2n) is 9.46. The van der Waals surface area contributed by atoms with Gasteiger partial charge in [-0.15, -0.1) is 0 Å². The topological polar surface area (TPSA) is 128 Å². The minimum atomic E-state index is -4.56. The lowest BCUT2D eigenvalue weighted by atomic mass is 9.71. The highest BCUT2D eigenvalue weighted by molar-refractivity contribution is 6.30. The minimum Gasteiger partial charge on any atom is -0.393 e. The van der Waals surface area contributed by atoms with Crippen LogP contribution in [0.25, 0.3) is 22.3 Å². The number of nitrogens with one attached hydrogen (secondary N) is 1. The van der Waals surface area contributed by atoms with E-state index < -0.39 is 23.2 Å². The number of fused-ring (bicyclic) bond motifs is 3. The molecule has 2 aliphatic heterocycles. The lowest BCUT2D eigenvalue weighted by Crippen LogP contribution is -2.49. The molecule has 4 aromatic rings. The number of rotatable bonds is 5. The maximum atomic E-state index is 13.0. The summed E-state index contributed by atoms with van der Waals surface area (Å²) in [6, 6.07) is 7.92. The SMILES string of the molecule is Nc1ncc(Cl)n2c(C3=C4CC(CO)(C4)OC3)nc(-c3ccc(C(=O)Nc4cc(C(F)(F)F)ccn4)cc3)c12. The molecule has 7 rings (SSSR count). The molecule has 9 nitrogen and oxygen atoms in total. The molecule has 13 heteroatoms. The van der Waals surface area contributed by atoms with E-state index in [9.17, 15) is 23.1 Å². The summed E-state index contributed by atoms with van der Waals surface area (Å²) >= 11 is 6.52. The van der Waals surface area contributed by atoms with E-state index in [-0.39, 0.29) is 30.4 Å². The largest absolute Gasteiger partial charge is 0.416 e. The van der Waals surface area contributed by atoms with Crippen molar-refractivity contribution in [2.75, 3.05) is 24.3 Å². The Morgan fingerprint density at radius 2 is 1.95 bits per heavy atom. The Morgan fingerprint density at radius 1 is 1.21 bits per heavy atom. The number of hydrogen-bond donors (Lipinski definition) is 3. The molecule has 1 aliphatic carbocycles. The Kier molecular flexibility index (Phi) is 5.86. The molecular formula is C26H20ClF3N6O3. The van der Waals surface area contributed by atoms with Crippen LogP contribution in [0.4, 0.5) is 24.8 Å². The normalized spacial score (nSPS) is 16.3.